The van der Waals surface area contributed by atoms with Crippen LogP contribution in [0.2, 0.25) is 5.02 Å². The summed E-state index contributed by atoms with van der Waals surface area (Å²) >= 11 is 5.82. The number of benzene rings is 2. The topological polar surface area (TPSA) is 64.3 Å². The minimum absolute atomic E-state index is 0.174. The molecule has 5 rings (SSSR count). The van der Waals surface area contributed by atoms with Gasteiger partial charge in [-0.05, 0) is 30.7 Å². The van der Waals surface area contributed by atoms with Crippen molar-refractivity contribution in [1.29, 1.82) is 0 Å². The number of fused-ring (bicyclic) bond motifs is 3. The van der Waals surface area contributed by atoms with Crippen LogP contribution in [0.15, 0.2) is 30.6 Å². The van der Waals surface area contributed by atoms with E-state index in [1.54, 1.807) is 0 Å². The van der Waals surface area contributed by atoms with Gasteiger partial charge in [-0.15, -0.1) is 0 Å². The van der Waals surface area contributed by atoms with Crippen LogP contribution in [-0.2, 0) is 4.74 Å². The average Bonchev–Trinajstić information content (AvgIpc) is 3.04. The van der Waals surface area contributed by atoms with E-state index < -0.39 is 16.7 Å². The first-order chi connectivity index (χ1) is 13.5. The van der Waals surface area contributed by atoms with E-state index in [4.69, 9.17) is 22.1 Å². The number of piperidine rings is 1. The Morgan fingerprint density at radius 3 is 2.82 bits per heavy atom. The third kappa shape index (κ3) is 2.77. The first-order valence-corrected chi connectivity index (χ1v) is 9.43. The van der Waals surface area contributed by atoms with Gasteiger partial charge in [0.15, 0.2) is 5.82 Å². The number of ether oxygens (including phenoxy) is 1. The van der Waals surface area contributed by atoms with Gasteiger partial charge in [-0.2, -0.15) is 0 Å². The molecule has 2 bridgehead atoms. The minimum atomic E-state index is -0.820. The number of anilines is 2. The number of hydrogen-bond acceptors (Lipinski definition) is 5. The summed E-state index contributed by atoms with van der Waals surface area (Å²) in [6, 6.07) is 6.29. The lowest BCUT2D eigenvalue weighted by Crippen LogP contribution is -2.39. The van der Waals surface area contributed by atoms with E-state index in [9.17, 15) is 8.78 Å². The molecule has 5 nitrogen and oxygen atoms in total. The highest BCUT2D eigenvalue weighted by atomic mass is 35.5. The van der Waals surface area contributed by atoms with E-state index in [2.05, 4.69) is 14.9 Å². The van der Waals surface area contributed by atoms with Crippen LogP contribution in [0, 0.1) is 17.6 Å². The molecule has 0 amide bonds. The van der Waals surface area contributed by atoms with E-state index in [1.807, 2.05) is 12.1 Å². The average molecular weight is 403 g/mol. The van der Waals surface area contributed by atoms with E-state index in [0.29, 0.717) is 28.2 Å². The molecule has 144 valence electrons. The highest BCUT2D eigenvalue weighted by Crippen LogP contribution is 2.39. The number of hydrogen-bond donors (Lipinski definition) is 1. The van der Waals surface area contributed by atoms with Gasteiger partial charge in [-0.3, -0.25) is 0 Å². The third-order valence-electron chi connectivity index (χ3n) is 5.51. The number of nitrogen functional groups attached to an aromatic ring is 1. The molecule has 2 fully saturated rings. The monoisotopic (exact) mass is 402 g/mol. The van der Waals surface area contributed by atoms with Crippen molar-refractivity contribution in [2.24, 2.45) is 5.92 Å². The summed E-state index contributed by atoms with van der Waals surface area (Å²) in [5.41, 5.74) is 8.13. The fourth-order valence-corrected chi connectivity index (χ4v) is 4.34. The Bertz CT molecular complexity index is 1080. The molecule has 2 N–H and O–H groups in total. The van der Waals surface area contributed by atoms with Gasteiger partial charge in [0.25, 0.3) is 0 Å². The largest absolute Gasteiger partial charge is 0.383 e. The fourth-order valence-electron chi connectivity index (χ4n) is 4.17. The molecule has 2 aliphatic rings. The smallest absolute Gasteiger partial charge is 0.152 e. The zero-order chi connectivity index (χ0) is 19.4. The Hall–Kier alpha value is -2.51. The van der Waals surface area contributed by atoms with Gasteiger partial charge < -0.3 is 15.4 Å². The maximum absolute atomic E-state index is 14.8. The highest BCUT2D eigenvalue weighted by molar-refractivity contribution is 6.31. The summed E-state index contributed by atoms with van der Waals surface area (Å²) in [4.78, 5) is 10.6. The first-order valence-electron chi connectivity index (χ1n) is 9.06. The predicted molar refractivity (Wildman–Crippen MR) is 104 cm³/mol. The fraction of sp³-hybridized carbons (Fsp3) is 0.300. The van der Waals surface area contributed by atoms with Crippen molar-refractivity contribution in [1.82, 2.24) is 9.97 Å². The van der Waals surface area contributed by atoms with Crippen molar-refractivity contribution in [2.45, 2.75) is 12.5 Å². The zero-order valence-corrected chi connectivity index (χ0v) is 15.6. The number of nitrogens with zero attached hydrogens (tertiary/aromatic N) is 3. The van der Waals surface area contributed by atoms with Crippen LogP contribution in [-0.4, -0.2) is 35.8 Å². The number of halogens is 3. The van der Waals surface area contributed by atoms with Gasteiger partial charge in [0, 0.05) is 41.2 Å². The van der Waals surface area contributed by atoms with Crippen molar-refractivity contribution in [3.8, 4) is 11.1 Å². The van der Waals surface area contributed by atoms with Crippen molar-refractivity contribution in [3.05, 3.63) is 47.2 Å². The molecule has 0 radical (unpaired) electrons. The molecule has 1 aromatic heterocycles. The number of aromatic nitrogens is 2. The van der Waals surface area contributed by atoms with Crippen molar-refractivity contribution >= 4 is 34.0 Å². The van der Waals surface area contributed by atoms with Gasteiger partial charge in [0.05, 0.1) is 18.2 Å². The minimum Gasteiger partial charge on any atom is -0.383 e. The van der Waals surface area contributed by atoms with Gasteiger partial charge in [0.1, 0.15) is 23.0 Å². The van der Waals surface area contributed by atoms with Gasteiger partial charge >= 0.3 is 0 Å². The predicted octanol–water partition coefficient (Wildman–Crippen LogP) is 4.04. The third-order valence-corrected chi connectivity index (χ3v) is 5.86. The van der Waals surface area contributed by atoms with Gasteiger partial charge in [-0.25, -0.2) is 18.7 Å². The Labute approximate surface area is 165 Å². The van der Waals surface area contributed by atoms with Crippen LogP contribution in [0.5, 0.6) is 0 Å². The summed E-state index contributed by atoms with van der Waals surface area (Å²) in [7, 11) is 0. The van der Waals surface area contributed by atoms with Crippen LogP contribution < -0.4 is 10.6 Å². The van der Waals surface area contributed by atoms with Crippen molar-refractivity contribution in [3.63, 3.8) is 0 Å². The number of rotatable bonds is 2. The van der Waals surface area contributed by atoms with Crippen LogP contribution >= 0.6 is 11.6 Å². The lowest BCUT2D eigenvalue weighted by molar-refractivity contribution is 0.119. The molecule has 2 atom stereocenters. The van der Waals surface area contributed by atoms with E-state index >= 15 is 0 Å². The first kappa shape index (κ1) is 17.6. The summed E-state index contributed by atoms with van der Waals surface area (Å²) < 4.78 is 34.3. The summed E-state index contributed by atoms with van der Waals surface area (Å²) in [5.74, 6) is -0.848. The summed E-state index contributed by atoms with van der Waals surface area (Å²) in [5, 5.41) is 0.0798. The lowest BCUT2D eigenvalue weighted by atomic mass is 9.97. The molecule has 0 spiro atoms. The molecule has 2 aromatic carbocycles. The molecule has 3 aromatic rings. The Balaban J connectivity index is 1.72. The van der Waals surface area contributed by atoms with Crippen LogP contribution in [0.25, 0.3) is 22.0 Å². The SMILES string of the molecule is Nc1ncnc2c(-c3ccc(F)c(Cl)c3F)cc(N3C[C@H]4CO[C@H](C4)C3)cc12. The normalized spacial score (nSPS) is 21.5. The summed E-state index contributed by atoms with van der Waals surface area (Å²) in [6.07, 6.45) is 2.59. The molecule has 0 unspecified atom stereocenters. The van der Waals surface area contributed by atoms with Crippen molar-refractivity contribution < 1.29 is 13.5 Å². The van der Waals surface area contributed by atoms with Crippen LogP contribution in [0.4, 0.5) is 20.3 Å². The standard InChI is InChI=1S/C20H17ClF2N4O/c21-17-16(22)2-1-13(18(17)23)14-4-11(5-15-19(14)25-9-26-20(15)24)27-6-10-3-12(7-27)28-8-10/h1-2,4-5,9-10,12H,3,6-8H2,(H2,24,25,26)/t10-,12+/m0/s1. The van der Waals surface area contributed by atoms with Gasteiger partial charge in [-0.1, -0.05) is 11.6 Å². The quantitative estimate of drug-likeness (QED) is 0.655. The Morgan fingerprint density at radius 1 is 1.14 bits per heavy atom. The molecule has 3 heterocycles. The van der Waals surface area contributed by atoms with E-state index in [-0.39, 0.29) is 11.7 Å². The second-order valence-corrected chi connectivity index (χ2v) is 7.71. The van der Waals surface area contributed by atoms with Crippen LogP contribution in [0.3, 0.4) is 0 Å². The lowest BCUT2D eigenvalue weighted by Gasteiger charge is -2.32. The Kier molecular flexibility index (Phi) is 4.10. The van der Waals surface area contributed by atoms with Crippen molar-refractivity contribution in [2.75, 3.05) is 30.3 Å². The zero-order valence-electron chi connectivity index (χ0n) is 14.8. The maximum atomic E-state index is 14.8. The second kappa shape index (κ2) is 6.53. The molecule has 28 heavy (non-hydrogen) atoms. The highest BCUT2D eigenvalue weighted by Gasteiger charge is 2.34. The summed E-state index contributed by atoms with van der Waals surface area (Å²) in [6.45, 7) is 2.36. The van der Waals surface area contributed by atoms with E-state index in [0.717, 1.165) is 37.9 Å². The Morgan fingerprint density at radius 2 is 2.00 bits per heavy atom. The molecule has 2 saturated heterocycles. The molecule has 8 heteroatoms. The van der Waals surface area contributed by atoms with Gasteiger partial charge in [0.2, 0.25) is 0 Å². The molecular formula is C20H17ClF2N4O. The molecular weight excluding hydrogens is 386 g/mol. The molecule has 0 saturated carbocycles. The molecule has 0 aliphatic carbocycles. The maximum Gasteiger partial charge on any atom is 0.152 e. The number of nitrogens with two attached hydrogens (primary N) is 1. The van der Waals surface area contributed by atoms with E-state index in [1.165, 1.54) is 12.4 Å². The van der Waals surface area contributed by atoms with Crippen LogP contribution in [0.1, 0.15) is 6.42 Å². The second-order valence-electron chi connectivity index (χ2n) is 7.33. The molecule has 2 aliphatic heterocycles.